The van der Waals surface area contributed by atoms with Crippen molar-refractivity contribution in [2.45, 2.75) is 58.7 Å². The smallest absolute Gasteiger partial charge is 0.250 e. The minimum absolute atomic E-state index is 0.162. The Kier molecular flexibility index (Phi) is 3.85. The SMILES string of the molecule is CC1CCc2cc(O[Si](C)(C)C(C)(C)C)ccc2C1=O. The summed E-state index contributed by atoms with van der Waals surface area (Å²) in [5.41, 5.74) is 2.05. The molecular formula is C17H26O2Si. The summed E-state index contributed by atoms with van der Waals surface area (Å²) in [6, 6.07) is 6.00. The van der Waals surface area contributed by atoms with Crippen LogP contribution in [0.4, 0.5) is 0 Å². The molecule has 0 fully saturated rings. The molecule has 1 aliphatic carbocycles. The first kappa shape index (κ1) is 15.3. The molecule has 0 aliphatic heterocycles. The molecule has 1 atom stereocenters. The van der Waals surface area contributed by atoms with Gasteiger partial charge in [0, 0.05) is 11.5 Å². The van der Waals surface area contributed by atoms with Crippen molar-refractivity contribution in [2.75, 3.05) is 0 Å². The first-order valence-corrected chi connectivity index (χ1v) is 10.4. The zero-order chi connectivity index (χ0) is 15.1. The van der Waals surface area contributed by atoms with Crippen molar-refractivity contribution in [3.05, 3.63) is 29.3 Å². The van der Waals surface area contributed by atoms with E-state index in [0.717, 1.165) is 29.7 Å². The number of rotatable bonds is 2. The van der Waals surface area contributed by atoms with E-state index < -0.39 is 8.32 Å². The third-order valence-corrected chi connectivity index (χ3v) is 9.17. The van der Waals surface area contributed by atoms with E-state index in [0.29, 0.717) is 0 Å². The van der Waals surface area contributed by atoms with Crippen LogP contribution >= 0.6 is 0 Å². The second-order valence-electron chi connectivity index (χ2n) is 7.49. The highest BCUT2D eigenvalue weighted by Crippen LogP contribution is 2.38. The van der Waals surface area contributed by atoms with Gasteiger partial charge in [-0.1, -0.05) is 27.7 Å². The Morgan fingerprint density at radius 3 is 2.50 bits per heavy atom. The Hall–Kier alpha value is -1.09. The second kappa shape index (κ2) is 5.03. The molecule has 2 nitrogen and oxygen atoms in total. The summed E-state index contributed by atoms with van der Waals surface area (Å²) in [5, 5.41) is 0.188. The molecule has 0 N–H and O–H groups in total. The van der Waals surface area contributed by atoms with Crippen LogP contribution < -0.4 is 4.43 Å². The van der Waals surface area contributed by atoms with E-state index in [1.165, 1.54) is 0 Å². The fourth-order valence-electron chi connectivity index (χ4n) is 2.30. The zero-order valence-electron chi connectivity index (χ0n) is 13.5. The van der Waals surface area contributed by atoms with E-state index in [-0.39, 0.29) is 16.7 Å². The van der Waals surface area contributed by atoms with Crippen LogP contribution in [-0.2, 0) is 6.42 Å². The standard InChI is InChI=1S/C17H26O2Si/c1-12-7-8-13-11-14(9-10-15(13)16(12)18)19-20(5,6)17(2,3)4/h9-12H,7-8H2,1-6H3. The molecule has 0 aromatic heterocycles. The highest BCUT2D eigenvalue weighted by atomic mass is 28.4. The summed E-state index contributed by atoms with van der Waals surface area (Å²) < 4.78 is 6.32. The normalized spacial score (nSPS) is 19.7. The van der Waals surface area contributed by atoms with Gasteiger partial charge in [-0.2, -0.15) is 0 Å². The topological polar surface area (TPSA) is 26.3 Å². The van der Waals surface area contributed by atoms with Crippen molar-refractivity contribution in [1.29, 1.82) is 0 Å². The molecule has 3 heteroatoms. The Morgan fingerprint density at radius 1 is 1.25 bits per heavy atom. The van der Waals surface area contributed by atoms with Gasteiger partial charge in [-0.15, -0.1) is 0 Å². The number of benzene rings is 1. The number of hydrogen-bond acceptors (Lipinski definition) is 2. The van der Waals surface area contributed by atoms with Crippen molar-refractivity contribution in [3.63, 3.8) is 0 Å². The fraction of sp³-hybridized carbons (Fsp3) is 0.588. The first-order chi connectivity index (χ1) is 9.12. The molecule has 0 spiro atoms. The van der Waals surface area contributed by atoms with Crippen LogP contribution in [0.3, 0.4) is 0 Å². The van der Waals surface area contributed by atoms with Crippen LogP contribution in [0.25, 0.3) is 0 Å². The van der Waals surface area contributed by atoms with Crippen molar-refractivity contribution in [2.24, 2.45) is 5.92 Å². The molecule has 110 valence electrons. The van der Waals surface area contributed by atoms with E-state index in [2.05, 4.69) is 39.9 Å². The van der Waals surface area contributed by atoms with Gasteiger partial charge in [0.05, 0.1) is 0 Å². The summed E-state index contributed by atoms with van der Waals surface area (Å²) in [7, 11) is -1.81. The van der Waals surface area contributed by atoms with E-state index >= 15 is 0 Å². The monoisotopic (exact) mass is 290 g/mol. The first-order valence-electron chi connectivity index (χ1n) is 7.48. The highest BCUT2D eigenvalue weighted by Gasteiger charge is 2.39. The lowest BCUT2D eigenvalue weighted by molar-refractivity contribution is 0.0913. The van der Waals surface area contributed by atoms with E-state index in [1.807, 2.05) is 19.1 Å². The maximum absolute atomic E-state index is 12.1. The predicted octanol–water partition coefficient (Wildman–Crippen LogP) is 4.84. The molecule has 0 radical (unpaired) electrons. The predicted molar refractivity (Wildman–Crippen MR) is 86.1 cm³/mol. The number of carbonyl (C=O) groups excluding carboxylic acids is 1. The molecule has 0 amide bonds. The van der Waals surface area contributed by atoms with Gasteiger partial charge in [0.25, 0.3) is 0 Å². The number of fused-ring (bicyclic) bond motifs is 1. The second-order valence-corrected chi connectivity index (χ2v) is 12.2. The Balaban J connectivity index is 2.27. The highest BCUT2D eigenvalue weighted by molar-refractivity contribution is 6.74. The third-order valence-electron chi connectivity index (χ3n) is 4.82. The third kappa shape index (κ3) is 2.83. The van der Waals surface area contributed by atoms with Gasteiger partial charge in [0.1, 0.15) is 5.75 Å². The number of hydrogen-bond donors (Lipinski definition) is 0. The van der Waals surface area contributed by atoms with Gasteiger partial charge in [0.15, 0.2) is 5.78 Å². The molecule has 0 bridgehead atoms. The molecule has 0 saturated carbocycles. The lowest BCUT2D eigenvalue weighted by atomic mass is 9.84. The van der Waals surface area contributed by atoms with Gasteiger partial charge < -0.3 is 4.43 Å². The average molecular weight is 290 g/mol. The van der Waals surface area contributed by atoms with Crippen LogP contribution in [0.5, 0.6) is 5.75 Å². The Bertz CT molecular complexity index is 526. The Morgan fingerprint density at radius 2 is 1.90 bits per heavy atom. The molecule has 0 heterocycles. The molecule has 1 aliphatic rings. The van der Waals surface area contributed by atoms with Crippen LogP contribution in [0, 0.1) is 5.92 Å². The van der Waals surface area contributed by atoms with E-state index in [1.54, 1.807) is 0 Å². The molecular weight excluding hydrogens is 264 g/mol. The van der Waals surface area contributed by atoms with Gasteiger partial charge in [-0.3, -0.25) is 4.79 Å². The zero-order valence-corrected chi connectivity index (χ0v) is 14.5. The van der Waals surface area contributed by atoms with Gasteiger partial charge in [-0.05, 0) is 54.7 Å². The Labute approximate surface area is 123 Å². The lowest BCUT2D eigenvalue weighted by Crippen LogP contribution is -2.43. The van der Waals surface area contributed by atoms with Gasteiger partial charge in [0.2, 0.25) is 8.32 Å². The molecule has 1 aromatic rings. The number of carbonyl (C=O) groups is 1. The van der Waals surface area contributed by atoms with Crippen molar-refractivity contribution >= 4 is 14.1 Å². The van der Waals surface area contributed by atoms with E-state index in [9.17, 15) is 4.79 Å². The fourth-order valence-corrected chi connectivity index (χ4v) is 3.32. The molecule has 1 aromatic carbocycles. The minimum atomic E-state index is -1.81. The van der Waals surface area contributed by atoms with Gasteiger partial charge >= 0.3 is 0 Å². The minimum Gasteiger partial charge on any atom is -0.543 e. The van der Waals surface area contributed by atoms with Crippen molar-refractivity contribution in [1.82, 2.24) is 0 Å². The molecule has 0 saturated heterocycles. The van der Waals surface area contributed by atoms with Crippen LogP contribution in [-0.4, -0.2) is 14.1 Å². The summed E-state index contributed by atoms with van der Waals surface area (Å²) in [4.78, 5) is 12.1. The van der Waals surface area contributed by atoms with Gasteiger partial charge in [-0.25, -0.2) is 0 Å². The summed E-state index contributed by atoms with van der Waals surface area (Å²) in [5.74, 6) is 1.37. The maximum atomic E-state index is 12.1. The average Bonchev–Trinajstić information content (AvgIpc) is 2.32. The molecule has 2 rings (SSSR count). The van der Waals surface area contributed by atoms with Crippen molar-refractivity contribution < 1.29 is 9.22 Å². The molecule has 20 heavy (non-hydrogen) atoms. The quantitative estimate of drug-likeness (QED) is 0.729. The number of aryl methyl sites for hydroxylation is 1. The maximum Gasteiger partial charge on any atom is 0.250 e. The number of ketones is 1. The van der Waals surface area contributed by atoms with Crippen LogP contribution in [0.2, 0.25) is 18.1 Å². The molecule has 1 unspecified atom stereocenters. The van der Waals surface area contributed by atoms with Crippen LogP contribution in [0.15, 0.2) is 18.2 Å². The summed E-state index contributed by atoms with van der Waals surface area (Å²) >= 11 is 0. The summed E-state index contributed by atoms with van der Waals surface area (Å²) in [6.45, 7) is 13.2. The lowest BCUT2D eigenvalue weighted by Gasteiger charge is -2.36. The van der Waals surface area contributed by atoms with Crippen molar-refractivity contribution in [3.8, 4) is 5.75 Å². The van der Waals surface area contributed by atoms with E-state index in [4.69, 9.17) is 4.43 Å². The van der Waals surface area contributed by atoms with Crippen LogP contribution in [0.1, 0.15) is 50.0 Å². The number of Topliss-reactive ketones (excluding diaryl/α,β-unsaturated/α-hetero) is 1. The largest absolute Gasteiger partial charge is 0.543 e. The summed E-state index contributed by atoms with van der Waals surface area (Å²) in [6.07, 6.45) is 1.94.